The van der Waals surface area contributed by atoms with Crippen molar-refractivity contribution in [2.75, 3.05) is 7.11 Å². The molecule has 0 spiro atoms. The van der Waals surface area contributed by atoms with Crippen LogP contribution >= 0.6 is 0 Å². The summed E-state index contributed by atoms with van der Waals surface area (Å²) in [6.07, 6.45) is 3.56. The first-order valence-corrected chi connectivity index (χ1v) is 10.4. The number of ether oxygens (including phenoxy) is 1. The summed E-state index contributed by atoms with van der Waals surface area (Å²) in [5.74, 6) is 0.582. The summed E-state index contributed by atoms with van der Waals surface area (Å²) in [5, 5.41) is 11.8. The number of methoxy groups -OCH3 is 1. The number of aryl methyl sites for hydroxylation is 2. The lowest BCUT2D eigenvalue weighted by Crippen LogP contribution is -2.35. The average molecular weight is 412 g/mol. The van der Waals surface area contributed by atoms with Gasteiger partial charge in [-0.05, 0) is 74.2 Å². The van der Waals surface area contributed by atoms with Crippen LogP contribution in [0.3, 0.4) is 0 Å². The maximum Gasteiger partial charge on any atom is 0.252 e. The van der Waals surface area contributed by atoms with Gasteiger partial charge in [0.2, 0.25) is 0 Å². The summed E-state index contributed by atoms with van der Waals surface area (Å²) in [6, 6.07) is 15.8. The third kappa shape index (κ3) is 3.44. The molecule has 0 atom stereocenters. The molecule has 6 heteroatoms. The molecule has 5 rings (SSSR count). The number of carbonyl (C=O) groups excluding carboxylic acids is 1. The second-order valence-electron chi connectivity index (χ2n) is 8.25. The Hall–Kier alpha value is -3.67. The molecule has 1 aliphatic carbocycles. The van der Waals surface area contributed by atoms with Crippen LogP contribution in [0.2, 0.25) is 0 Å². The summed E-state index contributed by atoms with van der Waals surface area (Å²) in [7, 11) is 1.61. The molecule has 0 bridgehead atoms. The summed E-state index contributed by atoms with van der Waals surface area (Å²) >= 11 is 0. The van der Waals surface area contributed by atoms with Crippen LogP contribution in [-0.2, 0) is 5.54 Å². The Morgan fingerprint density at radius 2 is 1.97 bits per heavy atom. The van der Waals surface area contributed by atoms with E-state index >= 15 is 0 Å². The second-order valence-corrected chi connectivity index (χ2v) is 8.25. The number of aromatic nitrogens is 3. The normalized spacial score (nSPS) is 14.4. The predicted octanol–water partition coefficient (Wildman–Crippen LogP) is 4.67. The molecule has 2 heterocycles. The SMILES string of the molecule is COc1ccc(C)c(C(=O)NC2(c3cc(-c4cc(C)[nH]n4)cc4ncccc34)CC2)c1. The van der Waals surface area contributed by atoms with Crippen molar-refractivity contribution in [2.45, 2.75) is 32.2 Å². The molecule has 31 heavy (non-hydrogen) atoms. The molecule has 2 N–H and O–H groups in total. The smallest absolute Gasteiger partial charge is 0.252 e. The number of hydrogen-bond donors (Lipinski definition) is 2. The molecule has 1 fully saturated rings. The molecule has 0 aliphatic heterocycles. The topological polar surface area (TPSA) is 79.9 Å². The number of benzene rings is 2. The summed E-state index contributed by atoms with van der Waals surface area (Å²) < 4.78 is 5.32. The summed E-state index contributed by atoms with van der Waals surface area (Å²) in [4.78, 5) is 17.8. The minimum absolute atomic E-state index is 0.0908. The minimum Gasteiger partial charge on any atom is -0.497 e. The van der Waals surface area contributed by atoms with Gasteiger partial charge in [-0.25, -0.2) is 0 Å². The number of aromatic amines is 1. The van der Waals surface area contributed by atoms with Gasteiger partial charge in [0.25, 0.3) is 5.91 Å². The van der Waals surface area contributed by atoms with Gasteiger partial charge in [0.05, 0.1) is 23.9 Å². The highest BCUT2D eigenvalue weighted by Gasteiger charge is 2.47. The Bertz CT molecular complexity index is 1300. The zero-order valence-electron chi connectivity index (χ0n) is 17.8. The number of carbonyl (C=O) groups is 1. The largest absolute Gasteiger partial charge is 0.497 e. The lowest BCUT2D eigenvalue weighted by Gasteiger charge is -2.21. The van der Waals surface area contributed by atoms with Crippen molar-refractivity contribution in [1.29, 1.82) is 0 Å². The van der Waals surface area contributed by atoms with Crippen molar-refractivity contribution >= 4 is 16.8 Å². The fraction of sp³-hybridized carbons (Fsp3) is 0.240. The highest BCUT2D eigenvalue weighted by atomic mass is 16.5. The first-order chi connectivity index (χ1) is 15.0. The fourth-order valence-electron chi connectivity index (χ4n) is 4.14. The first-order valence-electron chi connectivity index (χ1n) is 10.4. The van der Waals surface area contributed by atoms with Gasteiger partial charge >= 0.3 is 0 Å². The second kappa shape index (κ2) is 7.23. The Balaban J connectivity index is 1.58. The Morgan fingerprint density at radius 3 is 2.68 bits per heavy atom. The summed E-state index contributed by atoms with van der Waals surface area (Å²) in [6.45, 7) is 3.92. The number of rotatable bonds is 5. The highest BCUT2D eigenvalue weighted by Crippen LogP contribution is 2.49. The van der Waals surface area contributed by atoms with Crippen LogP contribution < -0.4 is 10.1 Å². The van der Waals surface area contributed by atoms with Crippen LogP contribution in [0.25, 0.3) is 22.2 Å². The molecule has 4 aromatic rings. The standard InChI is InChI=1S/C25H24N4O2/c1-15-6-7-18(31-3)14-20(15)24(30)27-25(8-9-25)21-12-17(22-11-16(2)28-29-22)13-23-19(21)5-4-10-26-23/h4-7,10-14H,8-9H2,1-3H3,(H,27,30)(H,28,29). The molecule has 1 amide bonds. The Labute approximate surface area is 180 Å². The van der Waals surface area contributed by atoms with Gasteiger partial charge in [-0.2, -0.15) is 5.10 Å². The van der Waals surface area contributed by atoms with E-state index in [0.29, 0.717) is 11.3 Å². The zero-order chi connectivity index (χ0) is 21.6. The molecule has 0 radical (unpaired) electrons. The number of pyridine rings is 1. The lowest BCUT2D eigenvalue weighted by molar-refractivity contribution is 0.0930. The van der Waals surface area contributed by atoms with E-state index in [-0.39, 0.29) is 5.91 Å². The number of fused-ring (bicyclic) bond motifs is 1. The van der Waals surface area contributed by atoms with E-state index in [1.54, 1.807) is 19.4 Å². The molecule has 0 unspecified atom stereocenters. The van der Waals surface area contributed by atoms with Crippen LogP contribution in [0.4, 0.5) is 0 Å². The van der Waals surface area contributed by atoms with Crippen molar-refractivity contribution in [3.8, 4) is 17.0 Å². The van der Waals surface area contributed by atoms with Gasteiger partial charge < -0.3 is 10.1 Å². The van der Waals surface area contributed by atoms with Crippen molar-refractivity contribution in [2.24, 2.45) is 0 Å². The molecule has 156 valence electrons. The number of H-pyrrole nitrogens is 1. The van der Waals surface area contributed by atoms with Gasteiger partial charge in [0.1, 0.15) is 5.75 Å². The van der Waals surface area contributed by atoms with Gasteiger partial charge in [-0.1, -0.05) is 12.1 Å². The van der Waals surface area contributed by atoms with E-state index in [0.717, 1.165) is 51.8 Å². The van der Waals surface area contributed by atoms with E-state index in [1.807, 2.05) is 38.1 Å². The molecular weight excluding hydrogens is 388 g/mol. The van der Waals surface area contributed by atoms with E-state index in [9.17, 15) is 4.79 Å². The minimum atomic E-state index is -0.407. The van der Waals surface area contributed by atoms with Crippen LogP contribution in [0, 0.1) is 13.8 Å². The van der Waals surface area contributed by atoms with Crippen LogP contribution in [0.15, 0.2) is 54.7 Å². The maximum absolute atomic E-state index is 13.3. The zero-order valence-corrected chi connectivity index (χ0v) is 17.8. The van der Waals surface area contributed by atoms with Crippen molar-refractivity contribution in [3.63, 3.8) is 0 Å². The third-order valence-electron chi connectivity index (χ3n) is 6.03. The van der Waals surface area contributed by atoms with Crippen molar-refractivity contribution < 1.29 is 9.53 Å². The van der Waals surface area contributed by atoms with Crippen LogP contribution in [0.5, 0.6) is 5.75 Å². The first kappa shape index (κ1) is 19.3. The number of hydrogen-bond acceptors (Lipinski definition) is 4. The molecule has 6 nitrogen and oxygen atoms in total. The Morgan fingerprint density at radius 1 is 1.13 bits per heavy atom. The lowest BCUT2D eigenvalue weighted by atomic mass is 9.94. The van der Waals surface area contributed by atoms with E-state index in [2.05, 4.69) is 38.7 Å². The quantitative estimate of drug-likeness (QED) is 0.499. The summed E-state index contributed by atoms with van der Waals surface area (Å²) in [5.41, 5.74) is 5.99. The third-order valence-corrected chi connectivity index (χ3v) is 6.03. The fourth-order valence-corrected chi connectivity index (χ4v) is 4.14. The van der Waals surface area contributed by atoms with Gasteiger partial charge in [-0.15, -0.1) is 0 Å². The van der Waals surface area contributed by atoms with E-state index in [4.69, 9.17) is 4.74 Å². The monoisotopic (exact) mass is 412 g/mol. The molecule has 0 saturated heterocycles. The van der Waals surface area contributed by atoms with Crippen molar-refractivity contribution in [1.82, 2.24) is 20.5 Å². The van der Waals surface area contributed by atoms with Crippen LogP contribution in [-0.4, -0.2) is 28.2 Å². The molecule has 2 aromatic carbocycles. The maximum atomic E-state index is 13.3. The molecule has 2 aromatic heterocycles. The Kier molecular flexibility index (Phi) is 4.50. The molecular formula is C25H24N4O2. The van der Waals surface area contributed by atoms with Gasteiger partial charge in [-0.3, -0.25) is 14.9 Å². The molecule has 1 saturated carbocycles. The molecule has 1 aliphatic rings. The van der Waals surface area contributed by atoms with Crippen molar-refractivity contribution in [3.05, 3.63) is 77.1 Å². The predicted molar refractivity (Wildman–Crippen MR) is 120 cm³/mol. The number of nitrogens with one attached hydrogen (secondary N) is 2. The highest BCUT2D eigenvalue weighted by molar-refractivity contribution is 5.98. The van der Waals surface area contributed by atoms with E-state index < -0.39 is 5.54 Å². The number of nitrogens with zero attached hydrogens (tertiary/aromatic N) is 2. The van der Waals surface area contributed by atoms with Gasteiger partial charge in [0, 0.05) is 28.4 Å². The number of amides is 1. The van der Waals surface area contributed by atoms with E-state index in [1.165, 1.54) is 0 Å². The van der Waals surface area contributed by atoms with Gasteiger partial charge in [0.15, 0.2) is 0 Å². The van der Waals surface area contributed by atoms with Crippen LogP contribution in [0.1, 0.15) is 40.0 Å². The average Bonchev–Trinajstić information content (AvgIpc) is 3.43.